The molecule has 1 fully saturated rings. The zero-order valence-electron chi connectivity index (χ0n) is 9.99. The molecule has 0 bridgehead atoms. The van der Waals surface area contributed by atoms with Crippen molar-refractivity contribution in [1.82, 2.24) is 4.90 Å². The van der Waals surface area contributed by atoms with Crippen LogP contribution in [0.5, 0.6) is 0 Å². The summed E-state index contributed by atoms with van der Waals surface area (Å²) in [5.74, 6) is 0.882. The molecule has 15 heavy (non-hydrogen) atoms. The van der Waals surface area contributed by atoms with Crippen LogP contribution >= 0.6 is 0 Å². The second kappa shape index (κ2) is 7.20. The van der Waals surface area contributed by atoms with Crippen LogP contribution in [0.25, 0.3) is 0 Å². The summed E-state index contributed by atoms with van der Waals surface area (Å²) < 4.78 is 0. The normalized spacial score (nSPS) is 28.2. The first kappa shape index (κ1) is 12.9. The Hall–Kier alpha value is -0.120. The highest BCUT2D eigenvalue weighted by Crippen LogP contribution is 2.24. The highest BCUT2D eigenvalue weighted by atomic mass is 16.2. The maximum absolute atomic E-state index is 8.76. The first-order valence-corrected chi connectivity index (χ1v) is 6.36. The largest absolute Gasteiger partial charge is 0.396 e. The van der Waals surface area contributed by atoms with Crippen LogP contribution in [0.4, 0.5) is 0 Å². The van der Waals surface area contributed by atoms with Gasteiger partial charge < -0.3 is 10.8 Å². The van der Waals surface area contributed by atoms with Crippen LogP contribution in [-0.2, 0) is 0 Å². The van der Waals surface area contributed by atoms with Crippen LogP contribution in [-0.4, -0.2) is 42.3 Å². The Morgan fingerprint density at radius 3 is 2.80 bits per heavy atom. The van der Waals surface area contributed by atoms with Crippen molar-refractivity contribution < 1.29 is 5.11 Å². The number of aliphatic hydroxyl groups excluding tert-OH is 1. The minimum Gasteiger partial charge on any atom is -0.396 e. The Balaban J connectivity index is 2.30. The van der Waals surface area contributed by atoms with E-state index in [4.69, 9.17) is 10.8 Å². The molecule has 3 N–H and O–H groups in total. The molecule has 0 aromatic rings. The fourth-order valence-corrected chi connectivity index (χ4v) is 2.52. The van der Waals surface area contributed by atoms with Gasteiger partial charge in [0.1, 0.15) is 0 Å². The molecule has 1 aliphatic rings. The predicted octanol–water partition coefficient (Wildman–Crippen LogP) is 1.21. The van der Waals surface area contributed by atoms with Crippen molar-refractivity contribution in [2.45, 2.75) is 45.1 Å². The molecular weight excluding hydrogens is 188 g/mol. The molecule has 1 aliphatic heterocycles. The van der Waals surface area contributed by atoms with Crippen LogP contribution < -0.4 is 5.73 Å². The van der Waals surface area contributed by atoms with E-state index >= 15 is 0 Å². The lowest BCUT2D eigenvalue weighted by Gasteiger charge is -2.38. The van der Waals surface area contributed by atoms with Gasteiger partial charge in [-0.25, -0.2) is 0 Å². The first-order valence-electron chi connectivity index (χ1n) is 6.36. The quantitative estimate of drug-likeness (QED) is 0.653. The summed E-state index contributed by atoms with van der Waals surface area (Å²) in [6.45, 7) is 5.69. The zero-order valence-corrected chi connectivity index (χ0v) is 9.99. The zero-order chi connectivity index (χ0) is 11.1. The minimum absolute atomic E-state index is 0.318. The lowest BCUT2D eigenvalue weighted by molar-refractivity contribution is 0.110. The summed E-state index contributed by atoms with van der Waals surface area (Å²) in [6, 6.07) is 0.586. The van der Waals surface area contributed by atoms with Crippen molar-refractivity contribution in [2.75, 3.05) is 26.2 Å². The van der Waals surface area contributed by atoms with Gasteiger partial charge in [0.2, 0.25) is 0 Å². The highest BCUT2D eigenvalue weighted by molar-refractivity contribution is 4.81. The van der Waals surface area contributed by atoms with Crippen molar-refractivity contribution in [3.05, 3.63) is 0 Å². The van der Waals surface area contributed by atoms with Gasteiger partial charge in [0.25, 0.3) is 0 Å². The predicted molar refractivity (Wildman–Crippen MR) is 63.8 cm³/mol. The maximum Gasteiger partial charge on any atom is 0.0431 e. The van der Waals surface area contributed by atoms with Gasteiger partial charge in [0.05, 0.1) is 0 Å². The van der Waals surface area contributed by atoms with Gasteiger partial charge in [0.15, 0.2) is 0 Å². The lowest BCUT2D eigenvalue weighted by Crippen LogP contribution is -2.46. The van der Waals surface area contributed by atoms with Crippen molar-refractivity contribution in [2.24, 2.45) is 11.7 Å². The molecule has 1 heterocycles. The second-order valence-corrected chi connectivity index (χ2v) is 4.65. The van der Waals surface area contributed by atoms with Crippen molar-refractivity contribution in [3.63, 3.8) is 0 Å². The second-order valence-electron chi connectivity index (χ2n) is 4.65. The Morgan fingerprint density at radius 1 is 1.40 bits per heavy atom. The Kier molecular flexibility index (Phi) is 6.22. The van der Waals surface area contributed by atoms with Gasteiger partial charge in [-0.2, -0.15) is 0 Å². The van der Waals surface area contributed by atoms with E-state index in [0.717, 1.165) is 31.8 Å². The Morgan fingerprint density at radius 2 is 2.20 bits per heavy atom. The molecule has 90 valence electrons. The fourth-order valence-electron chi connectivity index (χ4n) is 2.52. The van der Waals surface area contributed by atoms with Gasteiger partial charge in [-0.1, -0.05) is 13.3 Å². The monoisotopic (exact) mass is 214 g/mol. The van der Waals surface area contributed by atoms with Crippen molar-refractivity contribution in [3.8, 4) is 0 Å². The molecule has 0 aliphatic carbocycles. The van der Waals surface area contributed by atoms with E-state index in [9.17, 15) is 0 Å². The third-order valence-electron chi connectivity index (χ3n) is 3.65. The van der Waals surface area contributed by atoms with E-state index < -0.39 is 0 Å². The summed E-state index contributed by atoms with van der Waals surface area (Å²) in [4.78, 5) is 2.52. The Labute approximate surface area is 93.6 Å². The molecule has 3 nitrogen and oxygen atoms in total. The molecule has 2 atom stereocenters. The average Bonchev–Trinajstić information content (AvgIpc) is 2.29. The molecule has 0 radical (unpaired) electrons. The Bertz CT molecular complexity index is 162. The summed E-state index contributed by atoms with van der Waals surface area (Å²) >= 11 is 0. The summed E-state index contributed by atoms with van der Waals surface area (Å²) in [7, 11) is 0. The van der Waals surface area contributed by atoms with Crippen molar-refractivity contribution in [1.29, 1.82) is 0 Å². The van der Waals surface area contributed by atoms with Gasteiger partial charge in [-0.05, 0) is 44.7 Å². The third-order valence-corrected chi connectivity index (χ3v) is 3.65. The van der Waals surface area contributed by atoms with E-state index in [1.807, 2.05) is 0 Å². The smallest absolute Gasteiger partial charge is 0.0431 e. The van der Waals surface area contributed by atoms with E-state index in [1.165, 1.54) is 25.8 Å². The van der Waals surface area contributed by atoms with Crippen LogP contribution in [0.15, 0.2) is 0 Å². The summed E-state index contributed by atoms with van der Waals surface area (Å²) in [5, 5.41) is 8.76. The first-order chi connectivity index (χ1) is 7.31. The van der Waals surface area contributed by atoms with E-state index in [2.05, 4.69) is 11.8 Å². The molecule has 1 rings (SSSR count). The number of piperidine rings is 1. The maximum atomic E-state index is 8.76. The topological polar surface area (TPSA) is 49.5 Å². The molecule has 0 spiro atoms. The minimum atomic E-state index is 0.318. The van der Waals surface area contributed by atoms with Gasteiger partial charge in [-0.15, -0.1) is 0 Å². The lowest BCUT2D eigenvalue weighted by atomic mass is 9.89. The number of aliphatic hydroxyl groups is 1. The van der Waals surface area contributed by atoms with Crippen LogP contribution in [0, 0.1) is 5.92 Å². The molecule has 1 saturated heterocycles. The number of rotatable bonds is 6. The van der Waals surface area contributed by atoms with E-state index in [1.54, 1.807) is 0 Å². The molecule has 0 aromatic heterocycles. The summed E-state index contributed by atoms with van der Waals surface area (Å²) in [5.41, 5.74) is 5.82. The number of hydrogen-bond donors (Lipinski definition) is 2. The summed E-state index contributed by atoms with van der Waals surface area (Å²) in [6.07, 6.45) is 5.91. The number of nitrogens with two attached hydrogens (primary N) is 1. The number of hydrogen-bond acceptors (Lipinski definition) is 3. The van der Waals surface area contributed by atoms with E-state index in [-0.39, 0.29) is 0 Å². The third kappa shape index (κ3) is 4.09. The standard InChI is InChI=1S/C12H26N2O/c1-2-11-5-7-14(6-3-4-8-15)12(9-11)10-13/h11-12,15H,2-10,13H2,1H3. The number of nitrogens with zero attached hydrogens (tertiary/aromatic N) is 1. The SMILES string of the molecule is CCC1CCN(CCCCO)C(CN)C1. The van der Waals surface area contributed by atoms with Crippen LogP contribution in [0.1, 0.15) is 39.0 Å². The average molecular weight is 214 g/mol. The molecular formula is C12H26N2O. The molecule has 0 amide bonds. The van der Waals surface area contributed by atoms with Gasteiger partial charge in [0, 0.05) is 19.2 Å². The molecule has 0 aromatic carbocycles. The number of unbranched alkanes of at least 4 members (excludes halogenated alkanes) is 1. The number of likely N-dealkylation sites (tertiary alicyclic amines) is 1. The van der Waals surface area contributed by atoms with Gasteiger partial charge in [-0.3, -0.25) is 4.90 Å². The molecule has 2 unspecified atom stereocenters. The van der Waals surface area contributed by atoms with Gasteiger partial charge >= 0.3 is 0 Å². The van der Waals surface area contributed by atoms with E-state index in [0.29, 0.717) is 12.6 Å². The van der Waals surface area contributed by atoms with Crippen molar-refractivity contribution >= 4 is 0 Å². The fraction of sp³-hybridized carbons (Fsp3) is 1.00. The highest BCUT2D eigenvalue weighted by Gasteiger charge is 2.25. The van der Waals surface area contributed by atoms with Crippen LogP contribution in [0.2, 0.25) is 0 Å². The van der Waals surface area contributed by atoms with Crippen LogP contribution in [0.3, 0.4) is 0 Å². The molecule has 0 saturated carbocycles. The molecule has 3 heteroatoms.